The number of hydrogen-bond acceptors (Lipinski definition) is 4. The van der Waals surface area contributed by atoms with Crippen molar-refractivity contribution in [1.29, 1.82) is 0 Å². The third kappa shape index (κ3) is 5.53. The van der Waals surface area contributed by atoms with Gasteiger partial charge in [0.2, 0.25) is 0 Å². The summed E-state index contributed by atoms with van der Waals surface area (Å²) < 4.78 is 7.24. The predicted molar refractivity (Wildman–Crippen MR) is 90.1 cm³/mol. The lowest BCUT2D eigenvalue weighted by Crippen LogP contribution is -2.53. The van der Waals surface area contributed by atoms with E-state index in [0.29, 0.717) is 12.5 Å². The standard InChI is InChI=1S/C17H30N4O2/c1-6-21-11-13(10-20-21)9-19-17(5,14-7-8-14)12-18-15(22)23-16(2,3)4/h10-11,14,19H,6-9,12H2,1-5H3,(H,18,22). The van der Waals surface area contributed by atoms with Gasteiger partial charge < -0.3 is 15.4 Å². The molecule has 0 bridgehead atoms. The van der Waals surface area contributed by atoms with Crippen LogP contribution in [0.1, 0.15) is 53.0 Å². The third-order valence-corrected chi connectivity index (χ3v) is 4.18. The zero-order chi connectivity index (χ0) is 17.1. The maximum atomic E-state index is 11.9. The summed E-state index contributed by atoms with van der Waals surface area (Å²) in [5, 5.41) is 10.8. The first-order valence-electron chi connectivity index (χ1n) is 8.45. The summed E-state index contributed by atoms with van der Waals surface area (Å²) >= 11 is 0. The van der Waals surface area contributed by atoms with E-state index in [0.717, 1.165) is 18.7 Å². The van der Waals surface area contributed by atoms with Crippen LogP contribution >= 0.6 is 0 Å². The molecule has 0 aromatic carbocycles. The summed E-state index contributed by atoms with van der Waals surface area (Å²) in [4.78, 5) is 11.9. The average molecular weight is 322 g/mol. The number of amides is 1. The summed E-state index contributed by atoms with van der Waals surface area (Å²) in [6.07, 6.45) is 6.00. The molecule has 1 atom stereocenters. The summed E-state index contributed by atoms with van der Waals surface area (Å²) in [6.45, 7) is 12.1. The highest BCUT2D eigenvalue weighted by Gasteiger charge is 2.41. The van der Waals surface area contributed by atoms with Gasteiger partial charge in [0.25, 0.3) is 0 Å². The van der Waals surface area contributed by atoms with E-state index in [1.165, 1.54) is 12.8 Å². The molecule has 1 aromatic heterocycles. The molecule has 23 heavy (non-hydrogen) atoms. The Kier molecular flexibility index (Phi) is 5.34. The van der Waals surface area contributed by atoms with Gasteiger partial charge in [-0.3, -0.25) is 4.68 Å². The van der Waals surface area contributed by atoms with Gasteiger partial charge in [0.05, 0.1) is 6.20 Å². The van der Waals surface area contributed by atoms with Gasteiger partial charge in [0, 0.05) is 36.9 Å². The highest BCUT2D eigenvalue weighted by molar-refractivity contribution is 5.67. The van der Waals surface area contributed by atoms with Crippen LogP contribution in [-0.2, 0) is 17.8 Å². The molecule has 1 saturated carbocycles. The quantitative estimate of drug-likeness (QED) is 0.810. The highest BCUT2D eigenvalue weighted by Crippen LogP contribution is 2.39. The van der Waals surface area contributed by atoms with Gasteiger partial charge in [-0.15, -0.1) is 0 Å². The van der Waals surface area contributed by atoms with E-state index >= 15 is 0 Å². The Balaban J connectivity index is 1.87. The van der Waals surface area contributed by atoms with Crippen LogP contribution in [-0.4, -0.2) is 33.6 Å². The predicted octanol–water partition coefficient (Wildman–Crippen LogP) is 2.69. The molecule has 2 rings (SSSR count). The first-order valence-corrected chi connectivity index (χ1v) is 8.45. The van der Waals surface area contributed by atoms with E-state index in [4.69, 9.17) is 4.74 Å². The van der Waals surface area contributed by atoms with Crippen molar-refractivity contribution in [3.05, 3.63) is 18.0 Å². The number of nitrogens with one attached hydrogen (secondary N) is 2. The van der Waals surface area contributed by atoms with Crippen LogP contribution in [0.2, 0.25) is 0 Å². The number of alkyl carbamates (subject to hydrolysis) is 1. The first-order chi connectivity index (χ1) is 10.7. The molecule has 1 heterocycles. The summed E-state index contributed by atoms with van der Waals surface area (Å²) in [7, 11) is 0. The second-order valence-corrected chi connectivity index (χ2v) is 7.61. The fourth-order valence-electron chi connectivity index (χ4n) is 2.62. The molecule has 6 nitrogen and oxygen atoms in total. The van der Waals surface area contributed by atoms with Crippen molar-refractivity contribution in [2.45, 2.75) is 71.7 Å². The van der Waals surface area contributed by atoms with E-state index in [1.54, 1.807) is 0 Å². The van der Waals surface area contributed by atoms with Gasteiger partial charge in [-0.25, -0.2) is 4.79 Å². The summed E-state index contributed by atoms with van der Waals surface area (Å²) in [5.41, 5.74) is 0.573. The largest absolute Gasteiger partial charge is 0.444 e. The van der Waals surface area contributed by atoms with E-state index in [1.807, 2.05) is 31.6 Å². The fourth-order valence-corrected chi connectivity index (χ4v) is 2.62. The van der Waals surface area contributed by atoms with Crippen molar-refractivity contribution in [1.82, 2.24) is 20.4 Å². The lowest BCUT2D eigenvalue weighted by Gasteiger charge is -2.32. The van der Waals surface area contributed by atoms with Gasteiger partial charge in [0.1, 0.15) is 5.60 Å². The molecule has 0 aliphatic heterocycles. The molecule has 1 aliphatic rings. The minimum Gasteiger partial charge on any atom is -0.444 e. The Bertz CT molecular complexity index is 531. The second kappa shape index (κ2) is 6.91. The Morgan fingerprint density at radius 3 is 2.61 bits per heavy atom. The van der Waals surface area contributed by atoms with Crippen LogP contribution in [0.3, 0.4) is 0 Å². The Morgan fingerprint density at radius 2 is 2.09 bits per heavy atom. The Morgan fingerprint density at radius 1 is 1.39 bits per heavy atom. The summed E-state index contributed by atoms with van der Waals surface area (Å²) in [5.74, 6) is 0.596. The maximum absolute atomic E-state index is 11.9. The van der Waals surface area contributed by atoms with Gasteiger partial charge >= 0.3 is 6.09 Å². The molecule has 130 valence electrons. The molecule has 0 spiro atoms. The van der Waals surface area contributed by atoms with Crippen LogP contribution in [0.4, 0.5) is 4.79 Å². The fraction of sp³-hybridized carbons (Fsp3) is 0.765. The molecule has 1 aromatic rings. The molecule has 1 amide bonds. The molecule has 1 unspecified atom stereocenters. The molecule has 2 N–H and O–H groups in total. The highest BCUT2D eigenvalue weighted by atomic mass is 16.6. The van der Waals surface area contributed by atoms with Crippen molar-refractivity contribution in [2.24, 2.45) is 5.92 Å². The monoisotopic (exact) mass is 322 g/mol. The minimum atomic E-state index is -0.470. The van der Waals surface area contributed by atoms with Crippen molar-refractivity contribution < 1.29 is 9.53 Å². The van der Waals surface area contributed by atoms with Gasteiger partial charge in [-0.1, -0.05) is 0 Å². The molecular weight excluding hydrogens is 292 g/mol. The lowest BCUT2D eigenvalue weighted by molar-refractivity contribution is 0.0507. The number of aryl methyl sites for hydroxylation is 1. The van der Waals surface area contributed by atoms with E-state index in [-0.39, 0.29) is 11.6 Å². The van der Waals surface area contributed by atoms with Crippen LogP contribution < -0.4 is 10.6 Å². The number of carbonyl (C=O) groups excluding carboxylic acids is 1. The van der Waals surface area contributed by atoms with Gasteiger partial charge in [0.15, 0.2) is 0 Å². The first kappa shape index (κ1) is 17.8. The van der Waals surface area contributed by atoms with Crippen molar-refractivity contribution in [3.63, 3.8) is 0 Å². The number of hydrogen-bond donors (Lipinski definition) is 2. The maximum Gasteiger partial charge on any atom is 0.407 e. The number of rotatable bonds is 7. The van der Waals surface area contributed by atoms with E-state index in [2.05, 4.69) is 35.8 Å². The Hall–Kier alpha value is -1.56. The molecule has 1 fully saturated rings. The Labute approximate surface area is 139 Å². The zero-order valence-electron chi connectivity index (χ0n) is 15.0. The normalized spacial score (nSPS) is 17.6. The average Bonchev–Trinajstić information content (AvgIpc) is 3.21. The summed E-state index contributed by atoms with van der Waals surface area (Å²) in [6, 6.07) is 0. The number of aromatic nitrogens is 2. The topological polar surface area (TPSA) is 68.2 Å². The molecule has 1 aliphatic carbocycles. The molecule has 0 radical (unpaired) electrons. The van der Waals surface area contributed by atoms with Crippen molar-refractivity contribution in [2.75, 3.05) is 6.54 Å². The molecular formula is C17H30N4O2. The van der Waals surface area contributed by atoms with Crippen LogP contribution in [0, 0.1) is 5.92 Å². The molecule has 0 saturated heterocycles. The SMILES string of the molecule is CCn1cc(CNC(C)(CNC(=O)OC(C)(C)C)C2CC2)cn1. The molecule has 6 heteroatoms. The minimum absolute atomic E-state index is 0.120. The number of nitrogens with zero attached hydrogens (tertiary/aromatic N) is 2. The van der Waals surface area contributed by atoms with Crippen LogP contribution in [0.5, 0.6) is 0 Å². The van der Waals surface area contributed by atoms with Crippen LogP contribution in [0.25, 0.3) is 0 Å². The lowest BCUT2D eigenvalue weighted by atomic mass is 9.95. The van der Waals surface area contributed by atoms with E-state index < -0.39 is 5.60 Å². The van der Waals surface area contributed by atoms with Gasteiger partial charge in [-0.05, 0) is 53.4 Å². The second-order valence-electron chi connectivity index (χ2n) is 7.61. The number of ether oxygens (including phenoxy) is 1. The van der Waals surface area contributed by atoms with Crippen molar-refractivity contribution in [3.8, 4) is 0 Å². The van der Waals surface area contributed by atoms with Gasteiger partial charge in [-0.2, -0.15) is 5.10 Å². The van der Waals surface area contributed by atoms with Crippen molar-refractivity contribution >= 4 is 6.09 Å². The third-order valence-electron chi connectivity index (χ3n) is 4.18. The smallest absolute Gasteiger partial charge is 0.407 e. The number of carbonyl (C=O) groups is 1. The zero-order valence-corrected chi connectivity index (χ0v) is 15.0. The van der Waals surface area contributed by atoms with E-state index in [9.17, 15) is 4.79 Å². The van der Waals surface area contributed by atoms with Crippen LogP contribution in [0.15, 0.2) is 12.4 Å².